The number of benzene rings is 1. The van der Waals surface area contributed by atoms with Gasteiger partial charge in [-0.2, -0.15) is 0 Å². The first kappa shape index (κ1) is 11.8. The molecule has 2 rings (SSSR count). The van der Waals surface area contributed by atoms with E-state index in [2.05, 4.69) is 0 Å². The van der Waals surface area contributed by atoms with Crippen LogP contribution in [0.2, 0.25) is 0 Å². The lowest BCUT2D eigenvalue weighted by molar-refractivity contribution is 0.0175. The lowest BCUT2D eigenvalue weighted by Gasteiger charge is -2.23. The van der Waals surface area contributed by atoms with Crippen LogP contribution in [-0.2, 0) is 5.92 Å². The molecule has 0 saturated heterocycles. The van der Waals surface area contributed by atoms with Crippen LogP contribution in [-0.4, -0.2) is 6.54 Å². The molecule has 0 saturated carbocycles. The predicted octanol–water partition coefficient (Wildman–Crippen LogP) is 4.08. The van der Waals surface area contributed by atoms with Crippen molar-refractivity contribution in [3.05, 3.63) is 53.8 Å². The van der Waals surface area contributed by atoms with Crippen LogP contribution in [0.25, 0.3) is 0 Å². The number of halogens is 2. The molecule has 1 nitrogen and oxygen atoms in total. The molecule has 0 unspecified atom stereocenters. The summed E-state index contributed by atoms with van der Waals surface area (Å²) < 4.78 is 26.5. The monoisotopic (exact) mass is 235 g/mol. The van der Waals surface area contributed by atoms with E-state index in [1.807, 2.05) is 36.2 Å². The summed E-state index contributed by atoms with van der Waals surface area (Å²) in [7, 11) is 0. The van der Waals surface area contributed by atoms with Gasteiger partial charge in [-0.05, 0) is 24.6 Å². The second-order valence-electron chi connectivity index (χ2n) is 4.37. The molecule has 1 heterocycles. The predicted molar refractivity (Wildman–Crippen MR) is 66.3 cm³/mol. The molecule has 90 valence electrons. The third-order valence-electron chi connectivity index (χ3n) is 2.73. The third-order valence-corrected chi connectivity index (χ3v) is 2.73. The number of allylic oxidation sites excluding steroid dienone is 2. The second kappa shape index (κ2) is 4.32. The molecule has 0 aromatic heterocycles. The van der Waals surface area contributed by atoms with E-state index in [0.717, 1.165) is 24.7 Å². The van der Waals surface area contributed by atoms with Crippen LogP contribution in [0.5, 0.6) is 0 Å². The summed E-state index contributed by atoms with van der Waals surface area (Å²) in [5, 5.41) is 0. The average molecular weight is 235 g/mol. The smallest absolute Gasteiger partial charge is 0.270 e. The van der Waals surface area contributed by atoms with Crippen molar-refractivity contribution in [1.29, 1.82) is 0 Å². The number of hydrogen-bond acceptors (Lipinski definition) is 1. The van der Waals surface area contributed by atoms with E-state index in [1.54, 1.807) is 12.1 Å². The molecule has 3 heteroatoms. The molecule has 0 aliphatic carbocycles. The quantitative estimate of drug-likeness (QED) is 0.746. The van der Waals surface area contributed by atoms with Gasteiger partial charge in [0.25, 0.3) is 5.92 Å². The first-order valence-corrected chi connectivity index (χ1v) is 5.57. The second-order valence-corrected chi connectivity index (χ2v) is 4.37. The van der Waals surface area contributed by atoms with E-state index in [1.165, 1.54) is 6.07 Å². The first-order chi connectivity index (χ1) is 7.97. The highest BCUT2D eigenvalue weighted by molar-refractivity contribution is 5.54. The molecule has 0 spiro atoms. The van der Waals surface area contributed by atoms with E-state index >= 15 is 0 Å². The zero-order valence-corrected chi connectivity index (χ0v) is 9.95. The lowest BCUT2D eigenvalue weighted by Crippen LogP contribution is -2.19. The van der Waals surface area contributed by atoms with Crippen LogP contribution >= 0.6 is 0 Å². The normalized spacial score (nSPS) is 16.0. The largest absolute Gasteiger partial charge is 0.344 e. The fourth-order valence-electron chi connectivity index (χ4n) is 1.83. The molecule has 1 aliphatic rings. The molecule has 0 amide bonds. The third kappa shape index (κ3) is 2.73. The SMILES string of the molecule is CC1=CN(c2cccc(C(C)(F)F)c2)CC=C1. The van der Waals surface area contributed by atoms with Gasteiger partial charge in [-0.1, -0.05) is 24.3 Å². The standard InChI is InChI=1S/C14H15F2N/c1-11-5-4-8-17(10-11)13-7-3-6-12(9-13)14(2,15)16/h3-7,9-10H,8H2,1-2H3. The molecule has 17 heavy (non-hydrogen) atoms. The summed E-state index contributed by atoms with van der Waals surface area (Å²) in [6, 6.07) is 6.52. The molecule has 0 bridgehead atoms. The maximum atomic E-state index is 13.2. The van der Waals surface area contributed by atoms with Gasteiger partial charge in [0.05, 0.1) is 0 Å². The highest BCUT2D eigenvalue weighted by Gasteiger charge is 2.24. The van der Waals surface area contributed by atoms with E-state index in [0.29, 0.717) is 0 Å². The molecule has 1 aromatic rings. The fraction of sp³-hybridized carbons (Fsp3) is 0.286. The van der Waals surface area contributed by atoms with Crippen molar-refractivity contribution < 1.29 is 8.78 Å². The zero-order chi connectivity index (χ0) is 12.5. The van der Waals surface area contributed by atoms with Crippen molar-refractivity contribution in [2.45, 2.75) is 19.8 Å². The Bertz CT molecular complexity index is 469. The van der Waals surface area contributed by atoms with Crippen LogP contribution < -0.4 is 4.90 Å². The van der Waals surface area contributed by atoms with Crippen LogP contribution in [0.4, 0.5) is 14.5 Å². The van der Waals surface area contributed by atoms with Gasteiger partial charge in [0.1, 0.15) is 0 Å². The van der Waals surface area contributed by atoms with Gasteiger partial charge in [-0.15, -0.1) is 0 Å². The Balaban J connectivity index is 2.31. The van der Waals surface area contributed by atoms with Gasteiger partial charge in [-0.3, -0.25) is 0 Å². The van der Waals surface area contributed by atoms with Crippen molar-refractivity contribution in [3.63, 3.8) is 0 Å². The number of alkyl halides is 2. The van der Waals surface area contributed by atoms with Gasteiger partial charge in [-0.25, -0.2) is 8.78 Å². The number of nitrogens with zero attached hydrogens (tertiary/aromatic N) is 1. The zero-order valence-electron chi connectivity index (χ0n) is 9.95. The van der Waals surface area contributed by atoms with E-state index in [4.69, 9.17) is 0 Å². The summed E-state index contributed by atoms with van der Waals surface area (Å²) in [6.45, 7) is 3.63. The van der Waals surface area contributed by atoms with Crippen LogP contribution in [0.3, 0.4) is 0 Å². The number of anilines is 1. The fourth-order valence-corrected chi connectivity index (χ4v) is 1.83. The Morgan fingerprint density at radius 1 is 1.29 bits per heavy atom. The minimum absolute atomic E-state index is 0.0515. The molecule has 0 radical (unpaired) electrons. The van der Waals surface area contributed by atoms with Gasteiger partial charge in [0.15, 0.2) is 0 Å². The van der Waals surface area contributed by atoms with Crippen LogP contribution in [0.1, 0.15) is 19.4 Å². The molecule has 1 aliphatic heterocycles. The van der Waals surface area contributed by atoms with Crippen LogP contribution in [0, 0.1) is 0 Å². The highest BCUT2D eigenvalue weighted by atomic mass is 19.3. The van der Waals surface area contributed by atoms with Crippen molar-refractivity contribution in [1.82, 2.24) is 0 Å². The molecule has 0 N–H and O–H groups in total. The summed E-state index contributed by atoms with van der Waals surface area (Å²) in [5.74, 6) is -2.79. The molecule has 0 fully saturated rings. The summed E-state index contributed by atoms with van der Waals surface area (Å²) in [5.41, 5.74) is 1.97. The minimum atomic E-state index is -2.79. The molecular weight excluding hydrogens is 220 g/mol. The Kier molecular flexibility index (Phi) is 3.01. The maximum Gasteiger partial charge on any atom is 0.270 e. The van der Waals surface area contributed by atoms with Crippen molar-refractivity contribution in [3.8, 4) is 0 Å². The average Bonchev–Trinajstić information content (AvgIpc) is 2.28. The van der Waals surface area contributed by atoms with E-state index < -0.39 is 5.92 Å². The lowest BCUT2D eigenvalue weighted by atomic mass is 10.1. The van der Waals surface area contributed by atoms with Crippen molar-refractivity contribution in [2.75, 3.05) is 11.4 Å². The van der Waals surface area contributed by atoms with Gasteiger partial charge < -0.3 is 4.90 Å². The highest BCUT2D eigenvalue weighted by Crippen LogP contribution is 2.30. The summed E-state index contributed by atoms with van der Waals surface area (Å²) in [4.78, 5) is 1.96. The van der Waals surface area contributed by atoms with Crippen LogP contribution in [0.15, 0.2) is 48.2 Å². The topological polar surface area (TPSA) is 3.24 Å². The molecule has 0 atom stereocenters. The first-order valence-electron chi connectivity index (χ1n) is 5.57. The Hall–Kier alpha value is -1.64. The molecular formula is C14H15F2N. The number of hydrogen-bond donors (Lipinski definition) is 0. The summed E-state index contributed by atoms with van der Waals surface area (Å²) in [6.07, 6.45) is 6.01. The van der Waals surface area contributed by atoms with Crippen molar-refractivity contribution >= 4 is 5.69 Å². The minimum Gasteiger partial charge on any atom is -0.344 e. The molecule has 1 aromatic carbocycles. The Morgan fingerprint density at radius 3 is 2.71 bits per heavy atom. The Morgan fingerprint density at radius 2 is 2.06 bits per heavy atom. The van der Waals surface area contributed by atoms with Crippen molar-refractivity contribution in [2.24, 2.45) is 0 Å². The van der Waals surface area contributed by atoms with E-state index in [9.17, 15) is 8.78 Å². The van der Waals surface area contributed by atoms with Gasteiger partial charge >= 0.3 is 0 Å². The Labute approximate surface area is 100 Å². The van der Waals surface area contributed by atoms with Gasteiger partial charge in [0, 0.05) is 30.9 Å². The maximum absolute atomic E-state index is 13.2. The van der Waals surface area contributed by atoms with Gasteiger partial charge in [0.2, 0.25) is 0 Å². The van der Waals surface area contributed by atoms with E-state index in [-0.39, 0.29) is 5.56 Å². The summed E-state index contributed by atoms with van der Waals surface area (Å²) >= 11 is 0. The number of rotatable bonds is 2.